The maximum absolute atomic E-state index is 5.53. The van der Waals surface area contributed by atoms with E-state index in [9.17, 15) is 0 Å². The molecule has 0 fully saturated rings. The van der Waals surface area contributed by atoms with Crippen molar-refractivity contribution in [2.75, 3.05) is 26.6 Å². The lowest BCUT2D eigenvalue weighted by molar-refractivity contribution is 0.327. The van der Waals surface area contributed by atoms with Crippen molar-refractivity contribution in [2.45, 2.75) is 33.4 Å². The van der Waals surface area contributed by atoms with Gasteiger partial charge in [0.15, 0.2) is 11.5 Å². The molecule has 8 heteroatoms. The molecule has 1 aromatic carbocycles. The third-order valence-electron chi connectivity index (χ3n) is 4.37. The zero-order valence-corrected chi connectivity index (χ0v) is 16.5. The van der Waals surface area contributed by atoms with Crippen LogP contribution in [0.3, 0.4) is 0 Å². The first-order valence-corrected chi connectivity index (χ1v) is 8.69. The Labute approximate surface area is 158 Å². The second kappa shape index (κ2) is 7.69. The molecule has 2 heterocycles. The highest BCUT2D eigenvalue weighted by molar-refractivity contribution is 5.96. The van der Waals surface area contributed by atoms with Gasteiger partial charge >= 0.3 is 0 Å². The van der Waals surface area contributed by atoms with Crippen LogP contribution in [0.5, 0.6) is 17.2 Å². The van der Waals surface area contributed by atoms with Crippen LogP contribution >= 0.6 is 0 Å². The molecule has 0 aliphatic carbocycles. The van der Waals surface area contributed by atoms with Crippen molar-refractivity contribution in [2.24, 2.45) is 0 Å². The summed E-state index contributed by atoms with van der Waals surface area (Å²) in [6.07, 6.45) is 1.51. The lowest BCUT2D eigenvalue weighted by Crippen LogP contribution is -2.24. The van der Waals surface area contributed by atoms with Crippen molar-refractivity contribution in [1.29, 1.82) is 0 Å². The molecule has 0 saturated heterocycles. The minimum atomic E-state index is 0.0974. The van der Waals surface area contributed by atoms with Crippen molar-refractivity contribution in [3.63, 3.8) is 0 Å². The summed E-state index contributed by atoms with van der Waals surface area (Å²) in [5, 5.41) is 8.76. The minimum absolute atomic E-state index is 0.0974. The van der Waals surface area contributed by atoms with Crippen LogP contribution in [-0.4, -0.2) is 47.1 Å². The van der Waals surface area contributed by atoms with Crippen molar-refractivity contribution in [1.82, 2.24) is 19.7 Å². The van der Waals surface area contributed by atoms with Crippen LogP contribution in [0.4, 0.5) is 5.82 Å². The number of hydrogen-bond donors (Lipinski definition) is 1. The molecule has 2 aromatic heterocycles. The predicted octanol–water partition coefficient (Wildman–Crippen LogP) is 2.97. The third kappa shape index (κ3) is 3.60. The van der Waals surface area contributed by atoms with Crippen molar-refractivity contribution < 1.29 is 14.2 Å². The Morgan fingerprint density at radius 3 is 2.37 bits per heavy atom. The number of benzene rings is 1. The Balaban J connectivity index is 1.98. The van der Waals surface area contributed by atoms with E-state index in [1.165, 1.54) is 6.33 Å². The Bertz CT molecular complexity index is 954. The van der Waals surface area contributed by atoms with E-state index in [0.29, 0.717) is 28.6 Å². The summed E-state index contributed by atoms with van der Waals surface area (Å²) in [6, 6.07) is 4.02. The molecule has 1 unspecified atom stereocenters. The monoisotopic (exact) mass is 371 g/mol. The molecule has 27 heavy (non-hydrogen) atoms. The molecular weight excluding hydrogens is 346 g/mol. The summed E-state index contributed by atoms with van der Waals surface area (Å²) in [5.74, 6) is 2.29. The van der Waals surface area contributed by atoms with E-state index < -0.39 is 0 Å². The smallest absolute Gasteiger partial charge is 0.205 e. The lowest BCUT2D eigenvalue weighted by Gasteiger charge is -2.19. The molecule has 144 valence electrons. The average molecular weight is 371 g/mol. The second-order valence-corrected chi connectivity index (χ2v) is 6.42. The summed E-state index contributed by atoms with van der Waals surface area (Å²) in [4.78, 5) is 8.79. The first-order valence-electron chi connectivity index (χ1n) is 8.69. The number of aryl methyl sites for hydroxylation is 2. The summed E-state index contributed by atoms with van der Waals surface area (Å²) in [6.45, 7) is 6.85. The highest BCUT2D eigenvalue weighted by Crippen LogP contribution is 2.43. The van der Waals surface area contributed by atoms with Gasteiger partial charge in [0.05, 0.1) is 39.0 Å². The molecule has 0 saturated carbocycles. The number of hydrogen-bond acceptors (Lipinski definition) is 7. The molecule has 0 bridgehead atoms. The third-order valence-corrected chi connectivity index (χ3v) is 4.37. The number of aromatic nitrogens is 4. The van der Waals surface area contributed by atoms with E-state index in [-0.39, 0.29) is 6.04 Å². The fourth-order valence-corrected chi connectivity index (χ4v) is 3.18. The number of anilines is 1. The zero-order valence-electron chi connectivity index (χ0n) is 16.5. The van der Waals surface area contributed by atoms with Crippen LogP contribution in [-0.2, 0) is 6.54 Å². The molecule has 0 aliphatic heterocycles. The van der Waals surface area contributed by atoms with Gasteiger partial charge in [0.2, 0.25) is 5.75 Å². The van der Waals surface area contributed by atoms with Gasteiger partial charge in [-0.2, -0.15) is 5.10 Å². The van der Waals surface area contributed by atoms with E-state index in [4.69, 9.17) is 14.2 Å². The molecule has 0 spiro atoms. The van der Waals surface area contributed by atoms with E-state index in [2.05, 4.69) is 40.3 Å². The Kier molecular flexibility index (Phi) is 5.34. The van der Waals surface area contributed by atoms with Crippen LogP contribution in [0.1, 0.15) is 18.3 Å². The van der Waals surface area contributed by atoms with Gasteiger partial charge in [-0.25, -0.2) is 9.97 Å². The van der Waals surface area contributed by atoms with Crippen molar-refractivity contribution >= 4 is 16.7 Å². The fourth-order valence-electron chi connectivity index (χ4n) is 3.18. The van der Waals surface area contributed by atoms with Crippen LogP contribution in [0, 0.1) is 13.8 Å². The van der Waals surface area contributed by atoms with E-state index in [1.807, 2.05) is 17.7 Å². The average Bonchev–Trinajstić information content (AvgIpc) is 2.96. The summed E-state index contributed by atoms with van der Waals surface area (Å²) < 4.78 is 18.4. The van der Waals surface area contributed by atoms with E-state index in [1.54, 1.807) is 21.3 Å². The first-order chi connectivity index (χ1) is 13.0. The quantitative estimate of drug-likeness (QED) is 0.683. The molecule has 3 aromatic rings. The molecule has 1 atom stereocenters. The van der Waals surface area contributed by atoms with Crippen LogP contribution in [0.2, 0.25) is 0 Å². The van der Waals surface area contributed by atoms with E-state index in [0.717, 1.165) is 23.3 Å². The number of nitrogens with zero attached hydrogens (tertiary/aromatic N) is 4. The predicted molar refractivity (Wildman–Crippen MR) is 104 cm³/mol. The van der Waals surface area contributed by atoms with Gasteiger partial charge in [-0.05, 0) is 32.9 Å². The number of rotatable bonds is 7. The maximum Gasteiger partial charge on any atom is 0.205 e. The largest absolute Gasteiger partial charge is 0.493 e. The van der Waals surface area contributed by atoms with E-state index >= 15 is 0 Å². The lowest BCUT2D eigenvalue weighted by atomic mass is 10.1. The normalized spacial score (nSPS) is 12.1. The number of nitrogens with one attached hydrogen (secondary N) is 1. The highest BCUT2D eigenvalue weighted by atomic mass is 16.5. The Morgan fingerprint density at radius 2 is 1.78 bits per heavy atom. The Morgan fingerprint density at radius 1 is 1.04 bits per heavy atom. The van der Waals surface area contributed by atoms with Gasteiger partial charge in [-0.3, -0.25) is 4.68 Å². The van der Waals surface area contributed by atoms with Crippen molar-refractivity contribution in [3.8, 4) is 17.2 Å². The molecular formula is C19H25N5O3. The van der Waals surface area contributed by atoms with Gasteiger partial charge in [0, 0.05) is 11.7 Å². The van der Waals surface area contributed by atoms with Gasteiger partial charge < -0.3 is 19.5 Å². The summed E-state index contributed by atoms with van der Waals surface area (Å²) in [5.41, 5.74) is 2.79. The minimum Gasteiger partial charge on any atom is -0.493 e. The second-order valence-electron chi connectivity index (χ2n) is 6.42. The zero-order chi connectivity index (χ0) is 19.6. The molecule has 0 aliphatic rings. The molecule has 8 nitrogen and oxygen atoms in total. The standard InChI is InChI=1S/C19H25N5O3/c1-11-7-13(3)24(23-11)9-12(2)22-19-14-8-15(25-4)17(26-5)18(27-6)16(14)20-10-21-19/h7-8,10,12H,9H2,1-6H3,(H,20,21,22). The Hall–Kier alpha value is -3.03. The van der Waals surface area contributed by atoms with Crippen LogP contribution in [0.25, 0.3) is 10.9 Å². The number of fused-ring (bicyclic) bond motifs is 1. The van der Waals surface area contributed by atoms with Crippen molar-refractivity contribution in [3.05, 3.63) is 29.8 Å². The summed E-state index contributed by atoms with van der Waals surface area (Å²) in [7, 11) is 4.74. The molecule has 3 rings (SSSR count). The molecule has 1 N–H and O–H groups in total. The SMILES string of the molecule is COc1cc2c(NC(C)Cn3nc(C)cc3C)ncnc2c(OC)c1OC. The molecule has 0 amide bonds. The van der Waals surface area contributed by atoms with Gasteiger partial charge in [-0.15, -0.1) is 0 Å². The topological polar surface area (TPSA) is 83.3 Å². The summed E-state index contributed by atoms with van der Waals surface area (Å²) >= 11 is 0. The van der Waals surface area contributed by atoms with Gasteiger partial charge in [0.1, 0.15) is 17.7 Å². The van der Waals surface area contributed by atoms with Gasteiger partial charge in [0.25, 0.3) is 0 Å². The highest BCUT2D eigenvalue weighted by Gasteiger charge is 2.20. The number of methoxy groups -OCH3 is 3. The first kappa shape index (κ1) is 18.8. The van der Waals surface area contributed by atoms with Crippen LogP contribution < -0.4 is 19.5 Å². The number of ether oxygens (including phenoxy) is 3. The fraction of sp³-hybridized carbons (Fsp3) is 0.421. The maximum atomic E-state index is 5.53. The molecule has 0 radical (unpaired) electrons. The van der Waals surface area contributed by atoms with Gasteiger partial charge in [-0.1, -0.05) is 0 Å². The van der Waals surface area contributed by atoms with Crippen LogP contribution in [0.15, 0.2) is 18.5 Å².